The monoisotopic (exact) mass is 278 g/mol. The predicted molar refractivity (Wildman–Crippen MR) is 74.4 cm³/mol. The lowest BCUT2D eigenvalue weighted by molar-refractivity contribution is -0.149. The normalized spacial score (nSPS) is 20.2. The molecule has 0 aromatic carbocycles. The smallest absolute Gasteiger partial charge is 0.306 e. The summed E-state index contributed by atoms with van der Waals surface area (Å²) < 4.78 is 4.94. The molecule has 2 atom stereocenters. The van der Waals surface area contributed by atoms with E-state index in [0.29, 0.717) is 6.42 Å². The summed E-state index contributed by atoms with van der Waals surface area (Å²) in [6, 6.07) is 2.07. The van der Waals surface area contributed by atoms with E-state index in [1.54, 1.807) is 6.92 Å². The third-order valence-electron chi connectivity index (χ3n) is 3.69. The van der Waals surface area contributed by atoms with Crippen molar-refractivity contribution in [2.45, 2.75) is 45.6 Å². The lowest BCUT2D eigenvalue weighted by Gasteiger charge is -2.27. The second-order valence-electron chi connectivity index (χ2n) is 5.65. The van der Waals surface area contributed by atoms with Crippen LogP contribution in [0.4, 0.5) is 0 Å². The number of amides is 1. The van der Waals surface area contributed by atoms with Crippen LogP contribution in [0, 0.1) is 23.2 Å². The summed E-state index contributed by atoms with van der Waals surface area (Å²) in [4.78, 5) is 23.3. The van der Waals surface area contributed by atoms with E-state index in [1.807, 2.05) is 26.0 Å². The number of allylic oxidation sites excluding steroid dienone is 2. The van der Waals surface area contributed by atoms with E-state index >= 15 is 0 Å². The number of hydrogen-bond acceptors (Lipinski definition) is 4. The third kappa shape index (κ3) is 4.69. The van der Waals surface area contributed by atoms with Crippen molar-refractivity contribution in [2.75, 3.05) is 6.61 Å². The van der Waals surface area contributed by atoms with E-state index in [9.17, 15) is 9.59 Å². The van der Waals surface area contributed by atoms with Gasteiger partial charge in [-0.3, -0.25) is 9.59 Å². The molecule has 1 N–H and O–H groups in total. The topological polar surface area (TPSA) is 79.2 Å². The van der Waals surface area contributed by atoms with Gasteiger partial charge in [-0.2, -0.15) is 5.26 Å². The number of nitriles is 1. The van der Waals surface area contributed by atoms with Crippen LogP contribution in [0.5, 0.6) is 0 Å². The second kappa shape index (κ2) is 7.09. The lowest BCUT2D eigenvalue weighted by atomic mass is 9.90. The van der Waals surface area contributed by atoms with Crippen LogP contribution in [-0.2, 0) is 14.3 Å². The molecule has 1 aliphatic carbocycles. The van der Waals surface area contributed by atoms with Crippen LogP contribution in [0.25, 0.3) is 0 Å². The van der Waals surface area contributed by atoms with Gasteiger partial charge in [0.25, 0.3) is 5.91 Å². The number of nitrogens with one attached hydrogen (secondary N) is 1. The molecule has 0 saturated carbocycles. The zero-order valence-corrected chi connectivity index (χ0v) is 12.3. The molecule has 1 rings (SSSR count). The molecule has 0 heterocycles. The first kappa shape index (κ1) is 16.2. The summed E-state index contributed by atoms with van der Waals surface area (Å²) in [6.45, 7) is 5.02. The Labute approximate surface area is 120 Å². The fourth-order valence-electron chi connectivity index (χ4n) is 1.91. The van der Waals surface area contributed by atoms with E-state index in [-0.39, 0.29) is 24.4 Å². The minimum Gasteiger partial charge on any atom is -0.456 e. The first-order valence-corrected chi connectivity index (χ1v) is 6.92. The molecular formula is C15H22N2O3. The second-order valence-corrected chi connectivity index (χ2v) is 5.65. The van der Waals surface area contributed by atoms with Crippen LogP contribution < -0.4 is 5.32 Å². The number of rotatable bonds is 6. The highest BCUT2D eigenvalue weighted by Crippen LogP contribution is 2.20. The molecule has 110 valence electrons. The first-order chi connectivity index (χ1) is 9.37. The minimum atomic E-state index is -0.947. The highest BCUT2D eigenvalue weighted by molar-refractivity contribution is 5.81. The Kier molecular flexibility index (Phi) is 5.75. The summed E-state index contributed by atoms with van der Waals surface area (Å²) in [6.07, 6.45) is 6.32. The van der Waals surface area contributed by atoms with Gasteiger partial charge in [-0.05, 0) is 31.6 Å². The van der Waals surface area contributed by atoms with Crippen molar-refractivity contribution in [1.82, 2.24) is 5.32 Å². The standard InChI is InChI=1S/C15H22N2O3/c1-11(2)15(3,10-16)17-13(18)9-20-14(19)8-12-6-4-5-7-12/h4,6,11-12H,5,7-9H2,1-3H3,(H,17,18)/t12-,15+/m1/s1. The van der Waals surface area contributed by atoms with E-state index in [4.69, 9.17) is 10.00 Å². The first-order valence-electron chi connectivity index (χ1n) is 6.92. The van der Waals surface area contributed by atoms with Crippen molar-refractivity contribution in [3.63, 3.8) is 0 Å². The van der Waals surface area contributed by atoms with Crippen molar-refractivity contribution in [1.29, 1.82) is 5.26 Å². The van der Waals surface area contributed by atoms with E-state index in [2.05, 4.69) is 11.4 Å². The van der Waals surface area contributed by atoms with Crippen molar-refractivity contribution in [3.05, 3.63) is 12.2 Å². The van der Waals surface area contributed by atoms with Gasteiger partial charge in [-0.15, -0.1) is 0 Å². The average molecular weight is 278 g/mol. The number of ether oxygens (including phenoxy) is 1. The zero-order chi connectivity index (χ0) is 15.2. The molecule has 5 heteroatoms. The van der Waals surface area contributed by atoms with Crippen LogP contribution in [-0.4, -0.2) is 24.0 Å². The van der Waals surface area contributed by atoms with Crippen molar-refractivity contribution >= 4 is 11.9 Å². The molecule has 0 spiro atoms. The highest BCUT2D eigenvalue weighted by atomic mass is 16.5. The minimum absolute atomic E-state index is 0.0317. The molecule has 0 fully saturated rings. The molecule has 20 heavy (non-hydrogen) atoms. The largest absolute Gasteiger partial charge is 0.456 e. The molecule has 0 aromatic heterocycles. The molecule has 0 aliphatic heterocycles. The molecule has 1 amide bonds. The fourth-order valence-corrected chi connectivity index (χ4v) is 1.91. The van der Waals surface area contributed by atoms with Gasteiger partial charge < -0.3 is 10.1 Å². The maximum absolute atomic E-state index is 11.7. The molecule has 0 bridgehead atoms. The Bertz CT molecular complexity index is 437. The predicted octanol–water partition coefficient (Wildman–Crippen LogP) is 1.94. The maximum Gasteiger partial charge on any atom is 0.306 e. The molecular weight excluding hydrogens is 256 g/mol. The van der Waals surface area contributed by atoms with Gasteiger partial charge in [-0.25, -0.2) is 0 Å². The summed E-state index contributed by atoms with van der Waals surface area (Å²) in [5, 5.41) is 11.7. The van der Waals surface area contributed by atoms with E-state index in [0.717, 1.165) is 12.8 Å². The molecule has 5 nitrogen and oxygen atoms in total. The summed E-state index contributed by atoms with van der Waals surface area (Å²) in [5.41, 5.74) is -0.947. The van der Waals surface area contributed by atoms with Crippen molar-refractivity contribution in [2.24, 2.45) is 11.8 Å². The van der Waals surface area contributed by atoms with Crippen molar-refractivity contribution in [3.8, 4) is 6.07 Å². The number of hydrogen-bond donors (Lipinski definition) is 1. The average Bonchev–Trinajstić information content (AvgIpc) is 2.88. The zero-order valence-electron chi connectivity index (χ0n) is 12.3. The summed E-state index contributed by atoms with van der Waals surface area (Å²) in [5.74, 6) is -0.626. The molecule has 0 unspecified atom stereocenters. The Balaban J connectivity index is 2.34. The van der Waals surface area contributed by atoms with Gasteiger partial charge in [0, 0.05) is 0 Å². The third-order valence-corrected chi connectivity index (χ3v) is 3.69. The lowest BCUT2D eigenvalue weighted by Crippen LogP contribution is -2.50. The number of carbonyl (C=O) groups excluding carboxylic acids is 2. The highest BCUT2D eigenvalue weighted by Gasteiger charge is 2.30. The number of nitrogens with zero attached hydrogens (tertiary/aromatic N) is 1. The fraction of sp³-hybridized carbons (Fsp3) is 0.667. The molecule has 0 radical (unpaired) electrons. The molecule has 0 saturated heterocycles. The molecule has 1 aliphatic rings. The van der Waals surface area contributed by atoms with Crippen LogP contribution in [0.1, 0.15) is 40.0 Å². The summed E-state index contributed by atoms with van der Waals surface area (Å²) in [7, 11) is 0. The summed E-state index contributed by atoms with van der Waals surface area (Å²) >= 11 is 0. The van der Waals surface area contributed by atoms with Gasteiger partial charge in [0.15, 0.2) is 6.61 Å². The molecule has 0 aromatic rings. The van der Waals surface area contributed by atoms with Gasteiger partial charge in [0.2, 0.25) is 0 Å². The van der Waals surface area contributed by atoms with Gasteiger partial charge in [-0.1, -0.05) is 26.0 Å². The SMILES string of the molecule is CC(C)[C@](C)(C#N)NC(=O)COC(=O)C[C@@H]1C=CCC1. The van der Waals surface area contributed by atoms with Crippen LogP contribution in [0.3, 0.4) is 0 Å². The number of esters is 1. The van der Waals surface area contributed by atoms with E-state index in [1.165, 1.54) is 0 Å². The Morgan fingerprint density at radius 3 is 2.75 bits per heavy atom. The van der Waals surface area contributed by atoms with Crippen LogP contribution in [0.2, 0.25) is 0 Å². The Hall–Kier alpha value is -1.83. The Morgan fingerprint density at radius 2 is 2.25 bits per heavy atom. The maximum atomic E-state index is 11.7. The van der Waals surface area contributed by atoms with Crippen molar-refractivity contribution < 1.29 is 14.3 Å². The Morgan fingerprint density at radius 1 is 1.55 bits per heavy atom. The number of carbonyl (C=O) groups is 2. The van der Waals surface area contributed by atoms with Gasteiger partial charge in [0.1, 0.15) is 5.54 Å². The van der Waals surface area contributed by atoms with Crippen LogP contribution >= 0.6 is 0 Å². The van der Waals surface area contributed by atoms with Gasteiger partial charge in [0.05, 0.1) is 12.5 Å². The van der Waals surface area contributed by atoms with Gasteiger partial charge >= 0.3 is 5.97 Å². The van der Waals surface area contributed by atoms with Crippen LogP contribution in [0.15, 0.2) is 12.2 Å². The quantitative estimate of drug-likeness (QED) is 0.595. The van der Waals surface area contributed by atoms with E-state index < -0.39 is 11.4 Å².